The molecule has 0 saturated heterocycles. The molecule has 1 aliphatic rings. The van der Waals surface area contributed by atoms with Gasteiger partial charge in [0.15, 0.2) is 0 Å². The second-order valence-electron chi connectivity index (χ2n) is 11.7. The number of aryl methyl sites for hydroxylation is 1. The summed E-state index contributed by atoms with van der Waals surface area (Å²) >= 11 is 0. The number of para-hydroxylation sites is 1. The summed E-state index contributed by atoms with van der Waals surface area (Å²) in [7, 11) is 0. The molecule has 1 aliphatic carbocycles. The predicted molar refractivity (Wildman–Crippen MR) is 170 cm³/mol. The zero-order chi connectivity index (χ0) is 27.0. The lowest BCUT2D eigenvalue weighted by molar-refractivity contribution is 0.660. The van der Waals surface area contributed by atoms with Crippen molar-refractivity contribution in [1.82, 2.24) is 4.98 Å². The van der Waals surface area contributed by atoms with Crippen LogP contribution >= 0.6 is 0 Å². The maximum Gasteiger partial charge on any atom is 0.0722 e. The van der Waals surface area contributed by atoms with E-state index in [1.54, 1.807) is 0 Å². The van der Waals surface area contributed by atoms with Crippen LogP contribution in [0.3, 0.4) is 0 Å². The SMILES string of the molecule is Cc1ccc2c(-c3ccc4ccccc4n3)c3ccccc3c(-c3ccc4c(c3)-c3ccccc3C4(C)C)c2c1. The molecule has 0 fully saturated rings. The van der Waals surface area contributed by atoms with Gasteiger partial charge in [0.1, 0.15) is 0 Å². The summed E-state index contributed by atoms with van der Waals surface area (Å²) in [5, 5.41) is 6.17. The lowest BCUT2D eigenvalue weighted by atomic mass is 9.81. The largest absolute Gasteiger partial charge is 0.248 e. The molecule has 0 aliphatic heterocycles. The van der Waals surface area contributed by atoms with Crippen LogP contribution < -0.4 is 0 Å². The van der Waals surface area contributed by atoms with Crippen LogP contribution in [0.15, 0.2) is 121 Å². The summed E-state index contributed by atoms with van der Waals surface area (Å²) in [6, 6.07) is 44.5. The van der Waals surface area contributed by atoms with E-state index < -0.39 is 0 Å². The smallest absolute Gasteiger partial charge is 0.0722 e. The van der Waals surface area contributed by atoms with Gasteiger partial charge in [0.05, 0.1) is 11.2 Å². The van der Waals surface area contributed by atoms with Crippen molar-refractivity contribution in [2.24, 2.45) is 0 Å². The van der Waals surface area contributed by atoms with Gasteiger partial charge in [0.2, 0.25) is 0 Å². The molecule has 0 saturated carbocycles. The Bertz CT molecular complexity index is 2150. The van der Waals surface area contributed by atoms with Crippen LogP contribution in [0.1, 0.15) is 30.5 Å². The monoisotopic (exact) mass is 511 g/mol. The fraction of sp³-hybridized carbons (Fsp3) is 0.103. The highest BCUT2D eigenvalue weighted by Gasteiger charge is 2.35. The molecule has 190 valence electrons. The summed E-state index contributed by atoms with van der Waals surface area (Å²) in [6.07, 6.45) is 0. The van der Waals surface area contributed by atoms with Crippen molar-refractivity contribution in [3.8, 4) is 33.5 Å². The van der Waals surface area contributed by atoms with Gasteiger partial charge in [-0.05, 0) is 80.0 Å². The second kappa shape index (κ2) is 8.37. The van der Waals surface area contributed by atoms with Crippen molar-refractivity contribution >= 4 is 32.4 Å². The van der Waals surface area contributed by atoms with E-state index in [0.29, 0.717) is 0 Å². The number of hydrogen-bond donors (Lipinski definition) is 0. The minimum atomic E-state index is -0.00318. The third kappa shape index (κ3) is 3.24. The Morgan fingerprint density at radius 2 is 1.23 bits per heavy atom. The number of benzene rings is 6. The molecule has 0 amide bonds. The van der Waals surface area contributed by atoms with E-state index in [1.165, 1.54) is 66.1 Å². The summed E-state index contributed by atoms with van der Waals surface area (Å²) in [4.78, 5) is 5.16. The second-order valence-corrected chi connectivity index (χ2v) is 11.7. The van der Waals surface area contributed by atoms with Gasteiger partial charge < -0.3 is 0 Å². The van der Waals surface area contributed by atoms with E-state index >= 15 is 0 Å². The fourth-order valence-corrected chi connectivity index (χ4v) is 6.96. The van der Waals surface area contributed by atoms with Gasteiger partial charge in [0.25, 0.3) is 0 Å². The average Bonchev–Trinajstić information content (AvgIpc) is 3.21. The minimum Gasteiger partial charge on any atom is -0.248 e. The topological polar surface area (TPSA) is 12.9 Å². The molecule has 0 spiro atoms. The summed E-state index contributed by atoms with van der Waals surface area (Å²) in [6.45, 7) is 6.88. The molecule has 0 bridgehead atoms. The van der Waals surface area contributed by atoms with Crippen LogP contribution in [0.5, 0.6) is 0 Å². The molecule has 6 aromatic carbocycles. The molecule has 0 radical (unpaired) electrons. The molecule has 0 unspecified atom stereocenters. The highest BCUT2D eigenvalue weighted by atomic mass is 14.7. The zero-order valence-electron chi connectivity index (χ0n) is 23.0. The van der Waals surface area contributed by atoms with Gasteiger partial charge in [-0.3, -0.25) is 0 Å². The molecule has 7 aromatic rings. The zero-order valence-corrected chi connectivity index (χ0v) is 23.0. The first-order valence-electron chi connectivity index (χ1n) is 14.1. The van der Waals surface area contributed by atoms with Crippen LogP contribution in [-0.2, 0) is 5.41 Å². The summed E-state index contributed by atoms with van der Waals surface area (Å²) < 4.78 is 0. The van der Waals surface area contributed by atoms with Crippen molar-refractivity contribution in [3.05, 3.63) is 138 Å². The van der Waals surface area contributed by atoms with Crippen LogP contribution in [-0.4, -0.2) is 4.98 Å². The van der Waals surface area contributed by atoms with Crippen molar-refractivity contribution in [1.29, 1.82) is 0 Å². The third-order valence-corrected chi connectivity index (χ3v) is 8.91. The molecule has 1 nitrogen and oxygen atoms in total. The van der Waals surface area contributed by atoms with Gasteiger partial charge in [-0.25, -0.2) is 4.98 Å². The Labute approximate surface area is 234 Å². The van der Waals surface area contributed by atoms with E-state index in [4.69, 9.17) is 4.98 Å². The Balaban J connectivity index is 1.47. The predicted octanol–water partition coefficient (Wildman–Crippen LogP) is 10.5. The van der Waals surface area contributed by atoms with Gasteiger partial charge in [-0.15, -0.1) is 0 Å². The number of pyridine rings is 1. The van der Waals surface area contributed by atoms with Crippen LogP contribution in [0.4, 0.5) is 0 Å². The Morgan fingerprint density at radius 1 is 0.525 bits per heavy atom. The van der Waals surface area contributed by atoms with Crippen molar-refractivity contribution in [2.75, 3.05) is 0 Å². The maximum absolute atomic E-state index is 5.16. The number of fused-ring (bicyclic) bond motifs is 6. The quantitative estimate of drug-likeness (QED) is 0.210. The normalized spacial score (nSPS) is 13.6. The molecule has 40 heavy (non-hydrogen) atoms. The lowest BCUT2D eigenvalue weighted by Crippen LogP contribution is -2.14. The minimum absolute atomic E-state index is 0.00318. The van der Waals surface area contributed by atoms with Gasteiger partial charge in [0, 0.05) is 16.4 Å². The number of rotatable bonds is 2. The molecular formula is C39H29N. The summed E-state index contributed by atoms with van der Waals surface area (Å²) in [5.74, 6) is 0. The first-order chi connectivity index (χ1) is 19.5. The molecular weight excluding hydrogens is 482 g/mol. The number of hydrogen-bond acceptors (Lipinski definition) is 1. The summed E-state index contributed by atoms with van der Waals surface area (Å²) in [5.41, 5.74) is 12.6. The molecule has 1 heteroatoms. The highest BCUT2D eigenvalue weighted by Crippen LogP contribution is 2.51. The molecule has 8 rings (SSSR count). The van der Waals surface area contributed by atoms with Gasteiger partial charge in [-0.1, -0.05) is 123 Å². The van der Waals surface area contributed by atoms with E-state index in [-0.39, 0.29) is 5.41 Å². The van der Waals surface area contributed by atoms with Crippen LogP contribution in [0, 0.1) is 6.92 Å². The molecule has 1 heterocycles. The van der Waals surface area contributed by atoms with Crippen molar-refractivity contribution in [2.45, 2.75) is 26.2 Å². The highest BCUT2D eigenvalue weighted by molar-refractivity contribution is 6.21. The van der Waals surface area contributed by atoms with E-state index in [0.717, 1.165) is 16.6 Å². The van der Waals surface area contributed by atoms with Crippen molar-refractivity contribution < 1.29 is 0 Å². The first kappa shape index (κ1) is 23.2. The Morgan fingerprint density at radius 3 is 2.10 bits per heavy atom. The first-order valence-corrected chi connectivity index (χ1v) is 14.1. The molecule has 0 atom stereocenters. The van der Waals surface area contributed by atoms with Crippen molar-refractivity contribution in [3.63, 3.8) is 0 Å². The Hall–Kier alpha value is -4.75. The van der Waals surface area contributed by atoms with Gasteiger partial charge in [-0.2, -0.15) is 0 Å². The van der Waals surface area contributed by atoms with E-state index in [2.05, 4.69) is 142 Å². The number of aromatic nitrogens is 1. The Kier molecular flexibility index (Phi) is 4.85. The molecule has 1 aromatic heterocycles. The van der Waals surface area contributed by atoms with Crippen LogP contribution in [0.25, 0.3) is 66.0 Å². The average molecular weight is 512 g/mol. The lowest BCUT2D eigenvalue weighted by Gasteiger charge is -2.22. The third-order valence-electron chi connectivity index (χ3n) is 8.91. The van der Waals surface area contributed by atoms with Crippen LogP contribution in [0.2, 0.25) is 0 Å². The standard InChI is InChI=1S/C39H29N/c1-24-16-19-30-32(22-24)37(26-17-20-34-31(23-26)27-11-7-8-14-33(27)39(34,2)3)28-12-5-6-13-29(28)38(30)36-21-18-25-10-4-9-15-35(25)40-36/h4-23H,1-3H3. The van der Waals surface area contributed by atoms with E-state index in [1.807, 2.05) is 0 Å². The number of nitrogens with zero attached hydrogens (tertiary/aromatic N) is 1. The molecule has 0 N–H and O–H groups in total. The fourth-order valence-electron chi connectivity index (χ4n) is 6.96. The maximum atomic E-state index is 5.16. The van der Waals surface area contributed by atoms with Gasteiger partial charge >= 0.3 is 0 Å². The van der Waals surface area contributed by atoms with E-state index in [9.17, 15) is 0 Å².